The highest BCUT2D eigenvalue weighted by Gasteiger charge is 2.31. The Balaban J connectivity index is 2.13. The average molecular weight is 711 g/mol. The van der Waals surface area contributed by atoms with Crippen molar-refractivity contribution in [3.63, 3.8) is 0 Å². The number of carbonyl (C=O) groups is 5. The van der Waals surface area contributed by atoms with Crippen LogP contribution >= 0.6 is 0 Å². The number of benzene rings is 3. The van der Waals surface area contributed by atoms with Crippen molar-refractivity contribution in [2.75, 3.05) is 0 Å². The Morgan fingerprint density at radius 1 is 0.577 bits per heavy atom. The van der Waals surface area contributed by atoms with Crippen LogP contribution in [-0.4, -0.2) is 29.8 Å². The molecule has 0 saturated heterocycles. The molecule has 0 radical (unpaired) electrons. The molecule has 0 amide bonds. The third-order valence-corrected chi connectivity index (χ3v) is 6.51. The molecule has 0 saturated carbocycles. The van der Waals surface area contributed by atoms with Gasteiger partial charge >= 0.3 is 29.8 Å². The first-order valence-electron chi connectivity index (χ1n) is 15.1. The molecule has 0 aliphatic rings. The zero-order valence-corrected chi connectivity index (χ0v) is 28.9. The van der Waals surface area contributed by atoms with Crippen LogP contribution in [-0.2, 0) is 23.9 Å². The van der Waals surface area contributed by atoms with Crippen molar-refractivity contribution in [2.24, 2.45) is 0 Å². The highest BCUT2D eigenvalue weighted by Crippen LogP contribution is 2.41. The third-order valence-electron chi connectivity index (χ3n) is 6.51. The Morgan fingerprint density at radius 2 is 1.00 bits per heavy atom. The fraction of sp³-hybridized carbons (Fsp3) is 0.125. The van der Waals surface area contributed by atoms with E-state index in [9.17, 15) is 24.0 Å². The minimum absolute atomic E-state index is 0.0107. The van der Waals surface area contributed by atoms with E-state index < -0.39 is 64.1 Å². The molecule has 3 aromatic rings. The monoisotopic (exact) mass is 710 g/mol. The Kier molecular flexibility index (Phi) is 13.1. The van der Waals surface area contributed by atoms with Crippen LogP contribution in [0.4, 0.5) is 8.78 Å². The molecule has 12 heteroatoms. The van der Waals surface area contributed by atoms with Gasteiger partial charge in [0.15, 0.2) is 23.1 Å². The molecule has 266 valence electrons. The summed E-state index contributed by atoms with van der Waals surface area (Å²) in [6.45, 7) is 20.6. The summed E-state index contributed by atoms with van der Waals surface area (Å²) in [5.74, 6) is -4.00. The molecule has 10 nitrogen and oxygen atoms in total. The highest BCUT2D eigenvalue weighted by atomic mass is 19.1. The summed E-state index contributed by atoms with van der Waals surface area (Å²) >= 11 is 0. The van der Waals surface area contributed by atoms with E-state index in [0.29, 0.717) is 0 Å². The lowest BCUT2D eigenvalue weighted by Gasteiger charge is -2.17. The zero-order chi connectivity index (χ0) is 38.9. The summed E-state index contributed by atoms with van der Waals surface area (Å²) in [7, 11) is 0. The standard InChI is InChI=1S/C40H32F2O10/c1-21(2)36(43)49-28-15-10-26(11-16-28)12-19-30-32(41)35(52-39(46)24(7)8)31(33(42)34(30)51-38(45)23(5)6)25(9)20-48-40(47)27-13-17-29(18-14-27)50-37(44)22(3)4/h10-11,13-18,20H,1,3,5,7H2,2,4,6,8-9H3. The summed E-state index contributed by atoms with van der Waals surface area (Å²) < 4.78 is 58.7. The van der Waals surface area contributed by atoms with E-state index in [0.717, 1.165) is 6.26 Å². The van der Waals surface area contributed by atoms with E-state index in [4.69, 9.17) is 23.7 Å². The van der Waals surface area contributed by atoms with Gasteiger partial charge in [-0.05, 0) is 88.7 Å². The second-order valence-electron chi connectivity index (χ2n) is 11.2. The molecule has 0 atom stereocenters. The molecule has 0 spiro atoms. The van der Waals surface area contributed by atoms with Crippen LogP contribution in [0, 0.1) is 23.5 Å². The largest absolute Gasteiger partial charge is 0.431 e. The lowest BCUT2D eigenvalue weighted by Crippen LogP contribution is -2.16. The molecule has 0 unspecified atom stereocenters. The molecule has 3 aromatic carbocycles. The van der Waals surface area contributed by atoms with Crippen LogP contribution in [0.5, 0.6) is 23.0 Å². The Bertz CT molecular complexity index is 2130. The normalized spacial score (nSPS) is 10.5. The second-order valence-corrected chi connectivity index (χ2v) is 11.2. The first kappa shape index (κ1) is 39.6. The van der Waals surface area contributed by atoms with Gasteiger partial charge in [-0.1, -0.05) is 38.2 Å². The van der Waals surface area contributed by atoms with Crippen molar-refractivity contribution in [2.45, 2.75) is 34.6 Å². The minimum atomic E-state index is -1.41. The maximum atomic E-state index is 16.5. The summed E-state index contributed by atoms with van der Waals surface area (Å²) in [6.07, 6.45) is 0.769. The van der Waals surface area contributed by atoms with Crippen LogP contribution in [0.2, 0.25) is 0 Å². The number of allylic oxidation sites excluding steroid dienone is 1. The molecule has 0 aliphatic carbocycles. The van der Waals surface area contributed by atoms with Gasteiger partial charge < -0.3 is 23.7 Å². The van der Waals surface area contributed by atoms with Gasteiger partial charge in [0, 0.05) is 27.9 Å². The maximum absolute atomic E-state index is 16.5. The summed E-state index contributed by atoms with van der Waals surface area (Å²) in [5.41, 5.74) is -1.63. The first-order chi connectivity index (χ1) is 24.4. The molecule has 0 bridgehead atoms. The minimum Gasteiger partial charge on any atom is -0.431 e. The predicted molar refractivity (Wildman–Crippen MR) is 186 cm³/mol. The van der Waals surface area contributed by atoms with Crippen LogP contribution in [0.15, 0.2) is 103 Å². The van der Waals surface area contributed by atoms with Crippen molar-refractivity contribution in [1.82, 2.24) is 0 Å². The smallest absolute Gasteiger partial charge is 0.342 e. The van der Waals surface area contributed by atoms with Crippen LogP contribution in [0.1, 0.15) is 61.7 Å². The van der Waals surface area contributed by atoms with Gasteiger partial charge in [-0.15, -0.1) is 0 Å². The van der Waals surface area contributed by atoms with Crippen molar-refractivity contribution >= 4 is 35.4 Å². The number of carbonyl (C=O) groups excluding carboxylic acids is 5. The molecule has 52 heavy (non-hydrogen) atoms. The van der Waals surface area contributed by atoms with Gasteiger partial charge in [0.2, 0.25) is 0 Å². The van der Waals surface area contributed by atoms with Gasteiger partial charge in [0.25, 0.3) is 0 Å². The fourth-order valence-electron chi connectivity index (χ4n) is 3.72. The number of rotatable bonds is 11. The van der Waals surface area contributed by atoms with Crippen LogP contribution in [0.25, 0.3) is 5.57 Å². The predicted octanol–water partition coefficient (Wildman–Crippen LogP) is 7.51. The molecule has 0 heterocycles. The molecule has 0 aliphatic heterocycles. The lowest BCUT2D eigenvalue weighted by atomic mass is 10.0. The number of hydrogen-bond donors (Lipinski definition) is 0. The number of hydrogen-bond acceptors (Lipinski definition) is 10. The maximum Gasteiger partial charge on any atom is 0.342 e. The lowest BCUT2D eigenvalue weighted by molar-refractivity contribution is -0.131. The van der Waals surface area contributed by atoms with Gasteiger partial charge in [-0.2, -0.15) is 0 Å². The third kappa shape index (κ3) is 10.1. The molecular weight excluding hydrogens is 678 g/mol. The van der Waals surface area contributed by atoms with Crippen LogP contribution < -0.4 is 18.9 Å². The van der Waals surface area contributed by atoms with E-state index in [1.165, 1.54) is 83.1 Å². The van der Waals surface area contributed by atoms with E-state index in [-0.39, 0.29) is 50.5 Å². The first-order valence-corrected chi connectivity index (χ1v) is 15.1. The Labute approximate surface area is 298 Å². The van der Waals surface area contributed by atoms with E-state index in [2.05, 4.69) is 38.2 Å². The second kappa shape index (κ2) is 17.2. The molecular formula is C40H32F2O10. The number of ether oxygens (including phenoxy) is 5. The number of halogens is 2. The van der Waals surface area contributed by atoms with Gasteiger partial charge in [0.1, 0.15) is 17.1 Å². The quantitative estimate of drug-likeness (QED) is 0.0648. The zero-order valence-electron chi connectivity index (χ0n) is 28.9. The molecule has 0 fully saturated rings. The van der Waals surface area contributed by atoms with E-state index >= 15 is 8.78 Å². The van der Waals surface area contributed by atoms with E-state index in [1.807, 2.05) is 0 Å². The highest BCUT2D eigenvalue weighted by molar-refractivity contribution is 5.93. The van der Waals surface area contributed by atoms with Crippen molar-refractivity contribution < 1.29 is 56.4 Å². The van der Waals surface area contributed by atoms with Gasteiger partial charge in [-0.3, -0.25) is 0 Å². The van der Waals surface area contributed by atoms with Crippen molar-refractivity contribution in [1.29, 1.82) is 0 Å². The average Bonchev–Trinajstić information content (AvgIpc) is 3.09. The van der Waals surface area contributed by atoms with Crippen LogP contribution in [0.3, 0.4) is 0 Å². The van der Waals surface area contributed by atoms with Gasteiger partial charge in [-0.25, -0.2) is 32.8 Å². The van der Waals surface area contributed by atoms with Crippen molar-refractivity contribution in [3.05, 3.63) is 137 Å². The van der Waals surface area contributed by atoms with Gasteiger partial charge in [0.05, 0.1) is 17.4 Å². The Morgan fingerprint density at radius 3 is 1.46 bits per heavy atom. The fourth-order valence-corrected chi connectivity index (χ4v) is 3.72. The SMILES string of the molecule is C=C(C)C(=O)Oc1ccc(C#Cc2c(F)c(OC(=O)C(=C)C)c(C(C)=COC(=O)c3ccc(OC(=O)C(=C)C)cc3)c(F)c2OC(=O)C(=C)C)cc1. The van der Waals surface area contributed by atoms with E-state index in [1.54, 1.807) is 0 Å². The Hall–Kier alpha value is -6.87. The number of esters is 5. The molecule has 0 aromatic heterocycles. The summed E-state index contributed by atoms with van der Waals surface area (Å²) in [4.78, 5) is 61.6. The topological polar surface area (TPSA) is 132 Å². The molecule has 3 rings (SSSR count). The summed E-state index contributed by atoms with van der Waals surface area (Å²) in [5, 5.41) is 0. The summed E-state index contributed by atoms with van der Waals surface area (Å²) in [6, 6.07) is 10.9. The van der Waals surface area contributed by atoms with Crippen molar-refractivity contribution in [3.8, 4) is 34.8 Å². The molecule has 0 N–H and O–H groups in total.